The quantitative estimate of drug-likeness (QED) is 0.866. The summed E-state index contributed by atoms with van der Waals surface area (Å²) in [5.74, 6) is 0.425. The molecule has 0 amide bonds. The molecule has 0 radical (unpaired) electrons. The highest BCUT2D eigenvalue weighted by molar-refractivity contribution is 5.46. The number of halogens is 1. The van der Waals surface area contributed by atoms with Crippen LogP contribution in [0.15, 0.2) is 24.3 Å². The number of aliphatic hydroxyl groups excluding tert-OH is 1. The van der Waals surface area contributed by atoms with Gasteiger partial charge < -0.3 is 14.7 Å². The lowest BCUT2D eigenvalue weighted by Gasteiger charge is -2.37. The number of β-amino-alcohol motifs (C(OH)–C–C–N with tert-alkyl or cyclic N) is 1. The second-order valence-corrected chi connectivity index (χ2v) is 7.20. The molecule has 1 aromatic carbocycles. The Morgan fingerprint density at radius 1 is 1.17 bits per heavy atom. The standard InChI is InChI=1S/C19H29FN2O2/c1-15-3-2-4-19(15)24-14-18(23)13-21-9-11-22(12-10-21)17-7-5-16(20)6-8-17/h5-8,15,18-19,23H,2-4,9-14H2,1H3. The molecule has 5 heteroatoms. The number of hydrogen-bond donors (Lipinski definition) is 1. The molecule has 3 atom stereocenters. The normalized spacial score (nSPS) is 26.7. The van der Waals surface area contributed by atoms with Crippen molar-refractivity contribution in [1.29, 1.82) is 0 Å². The molecular formula is C19H29FN2O2. The van der Waals surface area contributed by atoms with Gasteiger partial charge in [0.1, 0.15) is 5.82 Å². The molecule has 0 bridgehead atoms. The highest BCUT2D eigenvalue weighted by atomic mass is 19.1. The van der Waals surface area contributed by atoms with Gasteiger partial charge in [0.25, 0.3) is 0 Å². The number of aliphatic hydroxyl groups is 1. The number of piperazine rings is 1. The van der Waals surface area contributed by atoms with Crippen molar-refractivity contribution in [1.82, 2.24) is 4.90 Å². The predicted octanol–water partition coefficient (Wildman–Crippen LogP) is 2.51. The van der Waals surface area contributed by atoms with E-state index in [1.165, 1.54) is 25.0 Å². The van der Waals surface area contributed by atoms with Gasteiger partial charge in [-0.2, -0.15) is 0 Å². The molecule has 1 saturated carbocycles. The molecule has 4 nitrogen and oxygen atoms in total. The molecule has 1 aliphatic carbocycles. The van der Waals surface area contributed by atoms with Crippen LogP contribution in [0.25, 0.3) is 0 Å². The van der Waals surface area contributed by atoms with Crippen molar-refractivity contribution in [2.75, 3.05) is 44.2 Å². The van der Waals surface area contributed by atoms with Gasteiger partial charge in [-0.15, -0.1) is 0 Å². The van der Waals surface area contributed by atoms with Crippen molar-refractivity contribution in [3.05, 3.63) is 30.1 Å². The van der Waals surface area contributed by atoms with Crippen LogP contribution in [0.4, 0.5) is 10.1 Å². The Hall–Kier alpha value is -1.17. The monoisotopic (exact) mass is 336 g/mol. The van der Waals surface area contributed by atoms with Crippen LogP contribution in [0, 0.1) is 11.7 Å². The molecular weight excluding hydrogens is 307 g/mol. The average molecular weight is 336 g/mol. The van der Waals surface area contributed by atoms with E-state index in [2.05, 4.69) is 16.7 Å². The third-order valence-corrected chi connectivity index (χ3v) is 5.32. The van der Waals surface area contributed by atoms with E-state index >= 15 is 0 Å². The Morgan fingerprint density at radius 2 is 1.88 bits per heavy atom. The van der Waals surface area contributed by atoms with Crippen LogP contribution in [0.2, 0.25) is 0 Å². The Balaban J connectivity index is 1.37. The number of ether oxygens (including phenoxy) is 1. The van der Waals surface area contributed by atoms with E-state index in [9.17, 15) is 9.50 Å². The van der Waals surface area contributed by atoms with Crippen LogP contribution in [-0.2, 0) is 4.74 Å². The molecule has 2 aliphatic rings. The molecule has 2 fully saturated rings. The first-order valence-electron chi connectivity index (χ1n) is 9.14. The molecule has 0 spiro atoms. The van der Waals surface area contributed by atoms with E-state index in [-0.39, 0.29) is 5.82 Å². The summed E-state index contributed by atoms with van der Waals surface area (Å²) in [5.41, 5.74) is 1.06. The molecule has 1 N–H and O–H groups in total. The van der Waals surface area contributed by atoms with Crippen LogP contribution in [0.3, 0.4) is 0 Å². The number of rotatable bonds is 6. The Kier molecular flexibility index (Phi) is 6.09. The molecule has 1 aromatic rings. The fourth-order valence-electron chi connectivity index (χ4n) is 3.78. The van der Waals surface area contributed by atoms with E-state index in [4.69, 9.17) is 4.74 Å². The van der Waals surface area contributed by atoms with Crippen LogP contribution >= 0.6 is 0 Å². The zero-order chi connectivity index (χ0) is 16.9. The Bertz CT molecular complexity index is 503. The Morgan fingerprint density at radius 3 is 2.50 bits per heavy atom. The summed E-state index contributed by atoms with van der Waals surface area (Å²) in [4.78, 5) is 4.55. The zero-order valence-corrected chi connectivity index (χ0v) is 14.5. The third-order valence-electron chi connectivity index (χ3n) is 5.32. The highest BCUT2D eigenvalue weighted by Gasteiger charge is 2.25. The SMILES string of the molecule is CC1CCCC1OCC(O)CN1CCN(c2ccc(F)cc2)CC1. The molecule has 1 saturated heterocycles. The van der Waals surface area contributed by atoms with Gasteiger partial charge in [0, 0.05) is 38.4 Å². The molecule has 3 unspecified atom stereocenters. The van der Waals surface area contributed by atoms with Crippen molar-refractivity contribution in [2.24, 2.45) is 5.92 Å². The van der Waals surface area contributed by atoms with E-state index in [1.807, 2.05) is 12.1 Å². The van der Waals surface area contributed by atoms with Crippen molar-refractivity contribution >= 4 is 5.69 Å². The molecule has 3 rings (SSSR count). The molecule has 1 aliphatic heterocycles. The van der Waals surface area contributed by atoms with Gasteiger partial charge in [-0.05, 0) is 43.0 Å². The highest BCUT2D eigenvalue weighted by Crippen LogP contribution is 2.27. The van der Waals surface area contributed by atoms with Gasteiger partial charge in [-0.3, -0.25) is 4.90 Å². The number of hydrogen-bond acceptors (Lipinski definition) is 4. The Labute approximate surface area is 144 Å². The van der Waals surface area contributed by atoms with E-state index in [0.717, 1.165) is 38.3 Å². The van der Waals surface area contributed by atoms with E-state index < -0.39 is 6.10 Å². The average Bonchev–Trinajstić information content (AvgIpc) is 3.00. The maximum Gasteiger partial charge on any atom is 0.123 e. The van der Waals surface area contributed by atoms with Crippen LogP contribution in [0.5, 0.6) is 0 Å². The summed E-state index contributed by atoms with van der Waals surface area (Å²) in [6.07, 6.45) is 3.52. The molecule has 1 heterocycles. The second-order valence-electron chi connectivity index (χ2n) is 7.20. The molecule has 0 aromatic heterocycles. The van der Waals surface area contributed by atoms with Crippen molar-refractivity contribution in [3.8, 4) is 0 Å². The van der Waals surface area contributed by atoms with Crippen molar-refractivity contribution < 1.29 is 14.2 Å². The van der Waals surface area contributed by atoms with Gasteiger partial charge in [0.2, 0.25) is 0 Å². The first-order valence-corrected chi connectivity index (χ1v) is 9.14. The topological polar surface area (TPSA) is 35.9 Å². The summed E-state index contributed by atoms with van der Waals surface area (Å²) in [6, 6.07) is 6.67. The molecule has 24 heavy (non-hydrogen) atoms. The van der Waals surface area contributed by atoms with Crippen molar-refractivity contribution in [2.45, 2.75) is 38.4 Å². The van der Waals surface area contributed by atoms with Gasteiger partial charge in [-0.25, -0.2) is 4.39 Å². The van der Waals surface area contributed by atoms with Gasteiger partial charge >= 0.3 is 0 Å². The van der Waals surface area contributed by atoms with Crippen LogP contribution in [-0.4, -0.2) is 61.5 Å². The summed E-state index contributed by atoms with van der Waals surface area (Å²) >= 11 is 0. The van der Waals surface area contributed by atoms with E-state index in [0.29, 0.717) is 25.2 Å². The van der Waals surface area contributed by atoms with Gasteiger partial charge in [-0.1, -0.05) is 13.3 Å². The maximum atomic E-state index is 13.0. The zero-order valence-electron chi connectivity index (χ0n) is 14.5. The predicted molar refractivity (Wildman–Crippen MR) is 93.8 cm³/mol. The summed E-state index contributed by atoms with van der Waals surface area (Å²) in [7, 11) is 0. The minimum Gasteiger partial charge on any atom is -0.389 e. The lowest BCUT2D eigenvalue weighted by Crippen LogP contribution is -2.49. The number of benzene rings is 1. The maximum absolute atomic E-state index is 13.0. The summed E-state index contributed by atoms with van der Waals surface area (Å²) in [5, 5.41) is 10.2. The smallest absolute Gasteiger partial charge is 0.123 e. The summed E-state index contributed by atoms with van der Waals surface area (Å²) in [6.45, 7) is 6.96. The lowest BCUT2D eigenvalue weighted by atomic mass is 10.1. The fraction of sp³-hybridized carbons (Fsp3) is 0.684. The lowest BCUT2D eigenvalue weighted by molar-refractivity contribution is -0.0321. The minimum absolute atomic E-state index is 0.197. The first-order chi connectivity index (χ1) is 11.6. The fourth-order valence-corrected chi connectivity index (χ4v) is 3.78. The molecule has 134 valence electrons. The van der Waals surface area contributed by atoms with Crippen molar-refractivity contribution in [3.63, 3.8) is 0 Å². The summed E-state index contributed by atoms with van der Waals surface area (Å²) < 4.78 is 18.9. The minimum atomic E-state index is -0.421. The largest absolute Gasteiger partial charge is 0.389 e. The van der Waals surface area contributed by atoms with Crippen LogP contribution < -0.4 is 4.90 Å². The third kappa shape index (κ3) is 4.68. The first kappa shape index (κ1) is 17.6. The van der Waals surface area contributed by atoms with Gasteiger partial charge in [0.05, 0.1) is 18.8 Å². The van der Waals surface area contributed by atoms with Gasteiger partial charge in [0.15, 0.2) is 0 Å². The van der Waals surface area contributed by atoms with E-state index in [1.54, 1.807) is 0 Å². The number of nitrogens with zero attached hydrogens (tertiary/aromatic N) is 2. The number of anilines is 1. The van der Waals surface area contributed by atoms with Crippen LogP contribution in [0.1, 0.15) is 26.2 Å². The second kappa shape index (κ2) is 8.28.